The minimum Gasteiger partial charge on any atom is -0.384 e. The zero-order chi connectivity index (χ0) is 10.7. The molecule has 2 rings (SSSR count). The first-order chi connectivity index (χ1) is 7.29. The molecular weight excluding hydrogens is 188 g/mol. The van der Waals surface area contributed by atoms with Gasteiger partial charge in [-0.15, -0.1) is 0 Å². The van der Waals surface area contributed by atoms with Gasteiger partial charge in [-0.25, -0.2) is 0 Å². The van der Waals surface area contributed by atoms with E-state index in [1.165, 1.54) is 45.6 Å². The Hall–Kier alpha value is -0.120. The molecule has 1 heterocycles. The molecule has 1 aliphatic heterocycles. The molecule has 0 bridgehead atoms. The SMILES string of the molecule is COCC1CC1CCN1CCN(C)CC1. The predicted octanol–water partition coefficient (Wildman–Crippen LogP) is 0.906. The molecule has 88 valence electrons. The molecule has 3 heteroatoms. The average Bonchev–Trinajstić information content (AvgIpc) is 2.97. The fourth-order valence-corrected chi connectivity index (χ4v) is 2.50. The van der Waals surface area contributed by atoms with Crippen molar-refractivity contribution in [2.75, 3.05) is 53.5 Å². The summed E-state index contributed by atoms with van der Waals surface area (Å²) in [6, 6.07) is 0. The van der Waals surface area contributed by atoms with Gasteiger partial charge in [0.05, 0.1) is 0 Å². The van der Waals surface area contributed by atoms with Crippen LogP contribution in [0.5, 0.6) is 0 Å². The molecule has 0 aromatic carbocycles. The number of likely N-dealkylation sites (N-methyl/N-ethyl adjacent to an activating group) is 1. The first-order valence-electron chi connectivity index (χ1n) is 6.19. The summed E-state index contributed by atoms with van der Waals surface area (Å²) in [5.74, 6) is 1.84. The van der Waals surface area contributed by atoms with Crippen molar-refractivity contribution < 1.29 is 4.74 Å². The Morgan fingerprint density at radius 1 is 1.13 bits per heavy atom. The maximum Gasteiger partial charge on any atom is 0.0493 e. The number of rotatable bonds is 5. The van der Waals surface area contributed by atoms with Crippen molar-refractivity contribution >= 4 is 0 Å². The van der Waals surface area contributed by atoms with Crippen LogP contribution in [0.2, 0.25) is 0 Å². The number of nitrogens with zero attached hydrogens (tertiary/aromatic N) is 2. The molecular formula is C12H24N2O. The van der Waals surface area contributed by atoms with E-state index >= 15 is 0 Å². The van der Waals surface area contributed by atoms with Crippen LogP contribution in [0, 0.1) is 11.8 Å². The predicted molar refractivity (Wildman–Crippen MR) is 62.0 cm³/mol. The smallest absolute Gasteiger partial charge is 0.0493 e. The van der Waals surface area contributed by atoms with Crippen LogP contribution >= 0.6 is 0 Å². The van der Waals surface area contributed by atoms with E-state index in [4.69, 9.17) is 4.74 Å². The Morgan fingerprint density at radius 3 is 2.53 bits per heavy atom. The van der Waals surface area contributed by atoms with Gasteiger partial charge in [0.15, 0.2) is 0 Å². The van der Waals surface area contributed by atoms with E-state index in [0.29, 0.717) is 0 Å². The van der Waals surface area contributed by atoms with Crippen molar-refractivity contribution in [2.24, 2.45) is 11.8 Å². The summed E-state index contributed by atoms with van der Waals surface area (Å²) in [5, 5.41) is 0. The fourth-order valence-electron chi connectivity index (χ4n) is 2.50. The second kappa shape index (κ2) is 5.28. The number of hydrogen-bond acceptors (Lipinski definition) is 3. The molecule has 3 nitrogen and oxygen atoms in total. The van der Waals surface area contributed by atoms with E-state index in [0.717, 1.165) is 18.4 Å². The van der Waals surface area contributed by atoms with Gasteiger partial charge in [-0.2, -0.15) is 0 Å². The molecule has 2 unspecified atom stereocenters. The van der Waals surface area contributed by atoms with Crippen LogP contribution in [0.1, 0.15) is 12.8 Å². The Bertz CT molecular complexity index is 190. The van der Waals surface area contributed by atoms with Gasteiger partial charge in [0.1, 0.15) is 0 Å². The molecule has 1 saturated carbocycles. The molecule has 0 N–H and O–H groups in total. The molecule has 0 aromatic heterocycles. The molecule has 15 heavy (non-hydrogen) atoms. The lowest BCUT2D eigenvalue weighted by atomic mass is 10.2. The maximum absolute atomic E-state index is 5.18. The molecule has 0 spiro atoms. The Labute approximate surface area is 93.4 Å². The summed E-state index contributed by atoms with van der Waals surface area (Å²) >= 11 is 0. The largest absolute Gasteiger partial charge is 0.384 e. The van der Waals surface area contributed by atoms with E-state index in [-0.39, 0.29) is 0 Å². The Morgan fingerprint density at radius 2 is 1.87 bits per heavy atom. The zero-order valence-electron chi connectivity index (χ0n) is 10.1. The van der Waals surface area contributed by atoms with Crippen LogP contribution in [-0.2, 0) is 4.74 Å². The van der Waals surface area contributed by atoms with Crippen molar-refractivity contribution in [1.29, 1.82) is 0 Å². The lowest BCUT2D eigenvalue weighted by Crippen LogP contribution is -2.44. The van der Waals surface area contributed by atoms with Gasteiger partial charge in [-0.05, 0) is 38.3 Å². The quantitative estimate of drug-likeness (QED) is 0.673. The topological polar surface area (TPSA) is 15.7 Å². The number of hydrogen-bond donors (Lipinski definition) is 0. The molecule has 0 aromatic rings. The number of piperazine rings is 1. The standard InChI is InChI=1S/C12H24N2O/c1-13-5-7-14(8-6-13)4-3-11-9-12(11)10-15-2/h11-12H,3-10H2,1-2H3. The highest BCUT2D eigenvalue weighted by Crippen LogP contribution is 2.41. The molecule has 1 aliphatic carbocycles. The van der Waals surface area contributed by atoms with E-state index in [1.807, 2.05) is 7.11 Å². The Kier molecular flexibility index (Phi) is 4.00. The summed E-state index contributed by atoms with van der Waals surface area (Å²) in [6.45, 7) is 7.29. The van der Waals surface area contributed by atoms with E-state index < -0.39 is 0 Å². The number of ether oxygens (including phenoxy) is 1. The first-order valence-corrected chi connectivity index (χ1v) is 6.19. The summed E-state index contributed by atoms with van der Waals surface area (Å²) in [6.07, 6.45) is 2.79. The molecule has 2 fully saturated rings. The van der Waals surface area contributed by atoms with Gasteiger partial charge in [-0.1, -0.05) is 0 Å². The van der Waals surface area contributed by atoms with Crippen LogP contribution in [0.3, 0.4) is 0 Å². The van der Waals surface area contributed by atoms with E-state index in [9.17, 15) is 0 Å². The molecule has 0 amide bonds. The van der Waals surface area contributed by atoms with Gasteiger partial charge >= 0.3 is 0 Å². The van der Waals surface area contributed by atoms with Crippen LogP contribution in [0.15, 0.2) is 0 Å². The van der Waals surface area contributed by atoms with Crippen LogP contribution in [0.4, 0.5) is 0 Å². The van der Waals surface area contributed by atoms with Gasteiger partial charge in [0.2, 0.25) is 0 Å². The van der Waals surface area contributed by atoms with Crippen molar-refractivity contribution in [2.45, 2.75) is 12.8 Å². The Balaban J connectivity index is 1.55. The van der Waals surface area contributed by atoms with E-state index in [1.54, 1.807) is 0 Å². The average molecular weight is 212 g/mol. The number of methoxy groups -OCH3 is 1. The second-order valence-corrected chi connectivity index (χ2v) is 5.14. The zero-order valence-corrected chi connectivity index (χ0v) is 10.1. The minimum absolute atomic E-state index is 0.877. The van der Waals surface area contributed by atoms with Gasteiger partial charge in [-0.3, -0.25) is 0 Å². The summed E-state index contributed by atoms with van der Waals surface area (Å²) in [7, 11) is 4.03. The molecule has 2 aliphatic rings. The van der Waals surface area contributed by atoms with Crippen molar-refractivity contribution in [3.05, 3.63) is 0 Å². The van der Waals surface area contributed by atoms with Crippen molar-refractivity contribution in [3.63, 3.8) is 0 Å². The third-order valence-electron chi connectivity index (χ3n) is 3.86. The lowest BCUT2D eigenvalue weighted by molar-refractivity contribution is 0.147. The summed E-state index contributed by atoms with van der Waals surface area (Å²) in [5.41, 5.74) is 0. The lowest BCUT2D eigenvalue weighted by Gasteiger charge is -2.32. The highest BCUT2D eigenvalue weighted by atomic mass is 16.5. The van der Waals surface area contributed by atoms with Gasteiger partial charge in [0.25, 0.3) is 0 Å². The maximum atomic E-state index is 5.18. The highest BCUT2D eigenvalue weighted by Gasteiger charge is 2.36. The molecule has 1 saturated heterocycles. The van der Waals surface area contributed by atoms with Gasteiger partial charge in [0, 0.05) is 39.9 Å². The third kappa shape index (κ3) is 3.44. The normalized spacial score (nSPS) is 33.2. The fraction of sp³-hybridized carbons (Fsp3) is 1.00. The molecule has 0 radical (unpaired) electrons. The molecule has 2 atom stereocenters. The first kappa shape index (κ1) is 11.4. The van der Waals surface area contributed by atoms with Crippen LogP contribution < -0.4 is 0 Å². The highest BCUT2D eigenvalue weighted by molar-refractivity contribution is 4.86. The summed E-state index contributed by atoms with van der Waals surface area (Å²) in [4.78, 5) is 5.03. The summed E-state index contributed by atoms with van der Waals surface area (Å²) < 4.78 is 5.18. The third-order valence-corrected chi connectivity index (χ3v) is 3.86. The van der Waals surface area contributed by atoms with Crippen molar-refractivity contribution in [3.8, 4) is 0 Å². The van der Waals surface area contributed by atoms with Crippen molar-refractivity contribution in [1.82, 2.24) is 9.80 Å². The van der Waals surface area contributed by atoms with Gasteiger partial charge < -0.3 is 14.5 Å². The van der Waals surface area contributed by atoms with Crippen LogP contribution in [-0.4, -0.2) is 63.3 Å². The van der Waals surface area contributed by atoms with Crippen LogP contribution in [0.25, 0.3) is 0 Å². The minimum atomic E-state index is 0.877. The van der Waals surface area contributed by atoms with E-state index in [2.05, 4.69) is 16.8 Å². The second-order valence-electron chi connectivity index (χ2n) is 5.14. The monoisotopic (exact) mass is 212 g/mol.